The molecule has 2 rings (SSSR count). The second-order valence-electron chi connectivity index (χ2n) is 4.69. The monoisotopic (exact) mass is 404 g/mol. The van der Waals surface area contributed by atoms with Crippen LogP contribution in [0.2, 0.25) is 10.0 Å². The average Bonchev–Trinajstić information content (AvgIpc) is 2.48. The van der Waals surface area contributed by atoms with Crippen molar-refractivity contribution in [3.8, 4) is 11.5 Å². The molecule has 25 heavy (non-hydrogen) atoms. The van der Waals surface area contributed by atoms with Gasteiger partial charge in [-0.2, -0.15) is 26.3 Å². The molecule has 0 amide bonds. The number of alkyl halides is 6. The third-order valence-electron chi connectivity index (χ3n) is 2.94. The van der Waals surface area contributed by atoms with Gasteiger partial charge in [0.1, 0.15) is 11.5 Å². The molecule has 0 saturated carbocycles. The lowest BCUT2D eigenvalue weighted by Gasteiger charge is -2.14. The summed E-state index contributed by atoms with van der Waals surface area (Å²) in [6.45, 7) is -0.613. The highest BCUT2D eigenvalue weighted by Gasteiger charge is 2.34. The molecule has 0 aliphatic heterocycles. The predicted octanol–water partition coefficient (Wildman–Crippen LogP) is 6.45. The van der Waals surface area contributed by atoms with Gasteiger partial charge in [-0.25, -0.2) is 0 Å². The molecule has 136 valence electrons. The smallest absolute Gasteiger partial charge is 0.417 e. The van der Waals surface area contributed by atoms with Crippen molar-refractivity contribution in [1.82, 2.24) is 0 Å². The van der Waals surface area contributed by atoms with Crippen LogP contribution < -0.4 is 9.47 Å². The molecule has 0 spiro atoms. The summed E-state index contributed by atoms with van der Waals surface area (Å²) in [7, 11) is 0. The third-order valence-corrected chi connectivity index (χ3v) is 3.60. The third kappa shape index (κ3) is 5.09. The van der Waals surface area contributed by atoms with Gasteiger partial charge in [0.25, 0.3) is 0 Å². The minimum absolute atomic E-state index is 0.207. The highest BCUT2D eigenvalue weighted by Crippen LogP contribution is 2.38. The Kier molecular flexibility index (Phi) is 5.63. The van der Waals surface area contributed by atoms with Crippen molar-refractivity contribution in [3.63, 3.8) is 0 Å². The predicted molar refractivity (Wildman–Crippen MR) is 79.0 cm³/mol. The number of rotatable bonds is 4. The molecule has 0 N–H and O–H groups in total. The first-order chi connectivity index (χ1) is 11.5. The summed E-state index contributed by atoms with van der Waals surface area (Å²) in [6.07, 6.45) is -9.34. The van der Waals surface area contributed by atoms with Crippen molar-refractivity contribution in [2.75, 3.05) is 6.79 Å². The quantitative estimate of drug-likeness (QED) is 0.430. The van der Waals surface area contributed by atoms with Crippen LogP contribution in [0.15, 0.2) is 36.4 Å². The molecule has 0 bridgehead atoms. The standard InChI is InChI=1S/C15H8Cl2F6O2/c16-12-3-1-8(5-10(12)14(18,19)20)24-7-25-9-2-4-13(17)11(6-9)15(21,22)23/h1-6H,7H2. The Hall–Kier alpha value is -1.80. The summed E-state index contributed by atoms with van der Waals surface area (Å²) in [4.78, 5) is 0. The first-order valence-electron chi connectivity index (χ1n) is 6.47. The molecule has 0 aliphatic carbocycles. The van der Waals surface area contributed by atoms with Crippen LogP contribution in [-0.4, -0.2) is 6.79 Å². The van der Waals surface area contributed by atoms with Gasteiger partial charge in [-0.3, -0.25) is 0 Å². The fraction of sp³-hybridized carbons (Fsp3) is 0.200. The van der Waals surface area contributed by atoms with Crippen LogP contribution in [0.25, 0.3) is 0 Å². The minimum Gasteiger partial charge on any atom is -0.457 e. The van der Waals surface area contributed by atoms with E-state index in [1.807, 2.05) is 0 Å². The van der Waals surface area contributed by atoms with Crippen LogP contribution in [0.3, 0.4) is 0 Å². The van der Waals surface area contributed by atoms with Gasteiger partial charge in [0.15, 0.2) is 0 Å². The van der Waals surface area contributed by atoms with E-state index in [-0.39, 0.29) is 11.5 Å². The van der Waals surface area contributed by atoms with E-state index in [4.69, 9.17) is 32.7 Å². The first kappa shape index (κ1) is 19.5. The molecule has 0 saturated heterocycles. The number of benzene rings is 2. The van der Waals surface area contributed by atoms with Crippen LogP contribution in [0.5, 0.6) is 11.5 Å². The van der Waals surface area contributed by atoms with Gasteiger partial charge in [0, 0.05) is 0 Å². The van der Waals surface area contributed by atoms with Crippen LogP contribution in [0, 0.1) is 0 Å². The Balaban J connectivity index is 2.07. The molecular formula is C15H8Cl2F6O2. The Labute approximate surface area is 147 Å². The molecule has 0 unspecified atom stereocenters. The second-order valence-corrected chi connectivity index (χ2v) is 5.50. The van der Waals surface area contributed by atoms with Gasteiger partial charge in [-0.1, -0.05) is 23.2 Å². The van der Waals surface area contributed by atoms with Gasteiger partial charge in [-0.15, -0.1) is 0 Å². The second kappa shape index (κ2) is 7.21. The maximum absolute atomic E-state index is 12.7. The van der Waals surface area contributed by atoms with Crippen molar-refractivity contribution >= 4 is 23.2 Å². The van der Waals surface area contributed by atoms with E-state index in [0.717, 1.165) is 12.1 Å². The molecule has 2 aromatic rings. The van der Waals surface area contributed by atoms with E-state index in [0.29, 0.717) is 12.1 Å². The normalized spacial score (nSPS) is 12.2. The van der Waals surface area contributed by atoms with Gasteiger partial charge in [0.05, 0.1) is 21.2 Å². The highest BCUT2D eigenvalue weighted by atomic mass is 35.5. The highest BCUT2D eigenvalue weighted by molar-refractivity contribution is 6.31. The number of ether oxygens (including phenoxy) is 2. The van der Waals surface area contributed by atoms with Crippen molar-refractivity contribution in [1.29, 1.82) is 0 Å². The van der Waals surface area contributed by atoms with Gasteiger partial charge >= 0.3 is 12.4 Å². The summed E-state index contributed by atoms with van der Waals surface area (Å²) in [5, 5.41) is -1.01. The van der Waals surface area contributed by atoms with E-state index >= 15 is 0 Å². The van der Waals surface area contributed by atoms with Crippen LogP contribution in [-0.2, 0) is 12.4 Å². The summed E-state index contributed by atoms with van der Waals surface area (Å²) < 4.78 is 86.2. The minimum atomic E-state index is -4.67. The molecule has 0 heterocycles. The first-order valence-corrected chi connectivity index (χ1v) is 7.23. The summed E-state index contributed by atoms with van der Waals surface area (Å²) in [6, 6.07) is 5.64. The van der Waals surface area contributed by atoms with E-state index < -0.39 is 40.3 Å². The number of hydrogen-bond donors (Lipinski definition) is 0. The Bertz CT molecular complexity index is 695. The largest absolute Gasteiger partial charge is 0.457 e. The summed E-state index contributed by atoms with van der Waals surface area (Å²) >= 11 is 10.9. The maximum atomic E-state index is 12.7. The van der Waals surface area contributed by atoms with E-state index in [2.05, 4.69) is 0 Å². The van der Waals surface area contributed by atoms with Crippen molar-refractivity contribution in [3.05, 3.63) is 57.6 Å². The van der Waals surface area contributed by atoms with E-state index in [9.17, 15) is 26.3 Å². The van der Waals surface area contributed by atoms with Gasteiger partial charge in [-0.05, 0) is 36.4 Å². The Morgan fingerprint density at radius 3 is 1.36 bits per heavy atom. The zero-order valence-corrected chi connectivity index (χ0v) is 13.5. The topological polar surface area (TPSA) is 18.5 Å². The molecule has 0 atom stereocenters. The van der Waals surface area contributed by atoms with Crippen molar-refractivity contribution in [2.24, 2.45) is 0 Å². The Morgan fingerprint density at radius 2 is 1.04 bits per heavy atom. The fourth-order valence-electron chi connectivity index (χ4n) is 1.79. The summed E-state index contributed by atoms with van der Waals surface area (Å²) in [5.74, 6) is -0.413. The number of hydrogen-bond acceptors (Lipinski definition) is 2. The zero-order chi connectivity index (χ0) is 18.8. The lowest BCUT2D eigenvalue weighted by Crippen LogP contribution is -2.10. The molecule has 2 aromatic carbocycles. The SMILES string of the molecule is FC(F)(F)c1cc(OCOc2ccc(Cl)c(C(F)(F)F)c2)ccc1Cl. The van der Waals surface area contributed by atoms with Gasteiger partial charge < -0.3 is 9.47 Å². The van der Waals surface area contributed by atoms with Crippen LogP contribution in [0.4, 0.5) is 26.3 Å². The molecule has 0 fully saturated rings. The maximum Gasteiger partial charge on any atom is 0.417 e. The lowest BCUT2D eigenvalue weighted by atomic mass is 10.2. The Morgan fingerprint density at radius 1 is 0.680 bits per heavy atom. The molecule has 0 radical (unpaired) electrons. The van der Waals surface area contributed by atoms with E-state index in [1.54, 1.807) is 0 Å². The fourth-order valence-corrected chi connectivity index (χ4v) is 2.24. The van der Waals surface area contributed by atoms with Crippen molar-refractivity contribution in [2.45, 2.75) is 12.4 Å². The van der Waals surface area contributed by atoms with Gasteiger partial charge in [0.2, 0.25) is 6.79 Å². The molecule has 0 aliphatic rings. The number of halogens is 8. The van der Waals surface area contributed by atoms with Crippen LogP contribution in [0.1, 0.15) is 11.1 Å². The molecule has 10 heteroatoms. The van der Waals surface area contributed by atoms with Crippen molar-refractivity contribution < 1.29 is 35.8 Å². The lowest BCUT2D eigenvalue weighted by molar-refractivity contribution is -0.138. The molecular weight excluding hydrogens is 397 g/mol. The molecule has 2 nitrogen and oxygen atoms in total. The van der Waals surface area contributed by atoms with Crippen LogP contribution >= 0.6 is 23.2 Å². The average molecular weight is 405 g/mol. The zero-order valence-electron chi connectivity index (χ0n) is 12.0. The van der Waals surface area contributed by atoms with E-state index in [1.165, 1.54) is 12.1 Å². The molecule has 0 aromatic heterocycles. The summed E-state index contributed by atoms with van der Waals surface area (Å²) in [5.41, 5.74) is -2.20.